The van der Waals surface area contributed by atoms with Gasteiger partial charge in [-0.3, -0.25) is 4.79 Å². The summed E-state index contributed by atoms with van der Waals surface area (Å²) in [7, 11) is 0. The van der Waals surface area contributed by atoms with Crippen LogP contribution in [0.4, 0.5) is 0 Å². The summed E-state index contributed by atoms with van der Waals surface area (Å²) in [4.78, 5) is 11.5. The van der Waals surface area contributed by atoms with Crippen molar-refractivity contribution < 1.29 is 19.0 Å². The third-order valence-electron chi connectivity index (χ3n) is 4.03. The minimum atomic E-state index is -0.111. The number of rotatable bonds is 7. The van der Waals surface area contributed by atoms with Gasteiger partial charge in [0.2, 0.25) is 0 Å². The van der Waals surface area contributed by atoms with Crippen molar-refractivity contribution in [3.8, 4) is 5.75 Å². The third kappa shape index (κ3) is 3.89. The van der Waals surface area contributed by atoms with Gasteiger partial charge in [0.1, 0.15) is 11.9 Å². The molecule has 1 aliphatic carbocycles. The van der Waals surface area contributed by atoms with Gasteiger partial charge in [-0.25, -0.2) is 0 Å². The molecule has 0 N–H and O–H groups in total. The molecular weight excluding hydrogens is 280 g/mol. The molecule has 0 radical (unpaired) electrons. The van der Waals surface area contributed by atoms with E-state index >= 15 is 0 Å². The molecule has 1 aliphatic heterocycles. The second-order valence-corrected chi connectivity index (χ2v) is 5.72. The van der Waals surface area contributed by atoms with Crippen molar-refractivity contribution in [2.24, 2.45) is 5.92 Å². The zero-order valence-corrected chi connectivity index (χ0v) is 12.9. The average molecular weight is 302 g/mol. The topological polar surface area (TPSA) is 44.8 Å². The van der Waals surface area contributed by atoms with Gasteiger partial charge in [-0.15, -0.1) is 0 Å². The van der Waals surface area contributed by atoms with Gasteiger partial charge in [-0.05, 0) is 37.5 Å². The third-order valence-corrected chi connectivity index (χ3v) is 4.03. The van der Waals surface area contributed by atoms with Gasteiger partial charge in [0.25, 0.3) is 0 Å². The number of esters is 1. The molecule has 2 unspecified atom stereocenters. The number of benzene rings is 1. The summed E-state index contributed by atoms with van der Waals surface area (Å²) in [5.74, 6) is 0.722. The maximum absolute atomic E-state index is 11.5. The summed E-state index contributed by atoms with van der Waals surface area (Å²) in [5, 5.41) is 0. The summed E-state index contributed by atoms with van der Waals surface area (Å²) >= 11 is 0. The zero-order chi connectivity index (χ0) is 15.4. The van der Waals surface area contributed by atoms with Gasteiger partial charge in [0, 0.05) is 6.42 Å². The Bertz CT molecular complexity index is 541. The summed E-state index contributed by atoms with van der Waals surface area (Å²) in [6.07, 6.45) is 5.00. The molecule has 4 nitrogen and oxygen atoms in total. The van der Waals surface area contributed by atoms with Crippen molar-refractivity contribution in [1.29, 1.82) is 0 Å². The van der Waals surface area contributed by atoms with Gasteiger partial charge < -0.3 is 14.2 Å². The predicted octanol–water partition coefficient (Wildman–Crippen LogP) is 2.91. The zero-order valence-electron chi connectivity index (χ0n) is 12.9. The van der Waals surface area contributed by atoms with Gasteiger partial charge in [-0.2, -0.15) is 0 Å². The van der Waals surface area contributed by atoms with Gasteiger partial charge >= 0.3 is 5.97 Å². The molecule has 1 heterocycles. The summed E-state index contributed by atoms with van der Waals surface area (Å²) < 4.78 is 16.2. The first-order chi connectivity index (χ1) is 10.8. The number of hydrogen-bond donors (Lipinski definition) is 0. The van der Waals surface area contributed by atoms with Crippen molar-refractivity contribution >= 4 is 5.97 Å². The van der Waals surface area contributed by atoms with Crippen molar-refractivity contribution in [1.82, 2.24) is 0 Å². The quantitative estimate of drug-likeness (QED) is 0.574. The Morgan fingerprint density at radius 3 is 2.77 bits per heavy atom. The SMILES string of the molecule is CCOC(=O)C1C=C1CCc1ccc(OC2CCOC2)cc1. The van der Waals surface area contributed by atoms with E-state index in [1.165, 1.54) is 11.1 Å². The Morgan fingerprint density at radius 1 is 1.27 bits per heavy atom. The molecule has 22 heavy (non-hydrogen) atoms. The van der Waals surface area contributed by atoms with E-state index in [0.717, 1.165) is 31.6 Å². The lowest BCUT2D eigenvalue weighted by molar-refractivity contribution is -0.144. The highest BCUT2D eigenvalue weighted by Crippen LogP contribution is 2.34. The van der Waals surface area contributed by atoms with Crippen molar-refractivity contribution in [3.05, 3.63) is 41.5 Å². The molecule has 1 saturated heterocycles. The molecule has 2 aliphatic rings. The van der Waals surface area contributed by atoms with E-state index in [-0.39, 0.29) is 18.0 Å². The van der Waals surface area contributed by atoms with Crippen LogP contribution in [-0.4, -0.2) is 31.9 Å². The highest BCUT2D eigenvalue weighted by atomic mass is 16.5. The van der Waals surface area contributed by atoms with Crippen LogP contribution in [0.25, 0.3) is 0 Å². The van der Waals surface area contributed by atoms with E-state index in [1.54, 1.807) is 0 Å². The van der Waals surface area contributed by atoms with E-state index in [2.05, 4.69) is 12.1 Å². The lowest BCUT2D eigenvalue weighted by atomic mass is 10.1. The van der Waals surface area contributed by atoms with Gasteiger partial charge in [-0.1, -0.05) is 23.8 Å². The normalized spacial score (nSPS) is 23.0. The van der Waals surface area contributed by atoms with Crippen molar-refractivity contribution in [2.45, 2.75) is 32.3 Å². The number of carbonyl (C=O) groups is 1. The monoisotopic (exact) mass is 302 g/mol. The Morgan fingerprint density at radius 2 is 2.09 bits per heavy atom. The van der Waals surface area contributed by atoms with Crippen LogP contribution in [0.5, 0.6) is 5.75 Å². The Hall–Kier alpha value is -1.81. The summed E-state index contributed by atoms with van der Waals surface area (Å²) in [6, 6.07) is 8.20. The number of ether oxygens (including phenoxy) is 3. The molecule has 0 aromatic heterocycles. The summed E-state index contributed by atoms with van der Waals surface area (Å²) in [5.41, 5.74) is 2.45. The molecule has 0 bridgehead atoms. The molecule has 4 heteroatoms. The molecule has 0 amide bonds. The van der Waals surface area contributed by atoms with Crippen LogP contribution in [0.3, 0.4) is 0 Å². The Balaban J connectivity index is 1.42. The minimum Gasteiger partial charge on any atom is -0.488 e. The smallest absolute Gasteiger partial charge is 0.316 e. The highest BCUT2D eigenvalue weighted by Gasteiger charge is 2.32. The number of carbonyl (C=O) groups excluding carboxylic acids is 1. The molecular formula is C18H22O4. The molecule has 118 valence electrons. The van der Waals surface area contributed by atoms with E-state index in [4.69, 9.17) is 14.2 Å². The predicted molar refractivity (Wildman–Crippen MR) is 82.8 cm³/mol. The van der Waals surface area contributed by atoms with E-state index in [1.807, 2.05) is 25.1 Å². The van der Waals surface area contributed by atoms with Gasteiger partial charge in [0.05, 0.1) is 25.7 Å². The maximum Gasteiger partial charge on any atom is 0.316 e. The molecule has 1 aromatic rings. The maximum atomic E-state index is 11.5. The van der Waals surface area contributed by atoms with Crippen molar-refractivity contribution in [3.63, 3.8) is 0 Å². The first-order valence-corrected chi connectivity index (χ1v) is 7.97. The van der Waals surface area contributed by atoms with Crippen LogP contribution in [0.1, 0.15) is 25.3 Å². The fourth-order valence-corrected chi connectivity index (χ4v) is 2.68. The molecule has 3 rings (SSSR count). The Kier molecular flexibility index (Phi) is 4.78. The number of hydrogen-bond acceptors (Lipinski definition) is 4. The van der Waals surface area contributed by atoms with Crippen LogP contribution >= 0.6 is 0 Å². The molecule has 1 fully saturated rings. The minimum absolute atomic E-state index is 0.0649. The second-order valence-electron chi connectivity index (χ2n) is 5.72. The molecule has 1 aromatic carbocycles. The van der Waals surface area contributed by atoms with Crippen LogP contribution in [0.15, 0.2) is 35.9 Å². The van der Waals surface area contributed by atoms with Crippen molar-refractivity contribution in [2.75, 3.05) is 19.8 Å². The first-order valence-electron chi connectivity index (χ1n) is 7.97. The lowest BCUT2D eigenvalue weighted by Gasteiger charge is -2.12. The van der Waals surface area contributed by atoms with Crippen LogP contribution in [0, 0.1) is 5.92 Å². The fourth-order valence-electron chi connectivity index (χ4n) is 2.68. The lowest BCUT2D eigenvalue weighted by Crippen LogP contribution is -2.15. The van der Waals surface area contributed by atoms with Gasteiger partial charge in [0.15, 0.2) is 0 Å². The van der Waals surface area contributed by atoms with E-state index in [0.29, 0.717) is 13.2 Å². The molecule has 0 saturated carbocycles. The fraction of sp³-hybridized carbons (Fsp3) is 0.500. The first kappa shape index (κ1) is 15.1. The number of aryl methyl sites for hydroxylation is 1. The average Bonchev–Trinajstić information content (AvgIpc) is 3.14. The largest absolute Gasteiger partial charge is 0.488 e. The van der Waals surface area contributed by atoms with E-state index < -0.39 is 0 Å². The Labute approximate surface area is 131 Å². The highest BCUT2D eigenvalue weighted by molar-refractivity contribution is 5.83. The van der Waals surface area contributed by atoms with Crippen LogP contribution < -0.4 is 4.74 Å². The molecule has 2 atom stereocenters. The molecule has 0 spiro atoms. The standard InChI is InChI=1S/C18H22O4/c1-2-21-18(19)17-11-14(17)6-3-13-4-7-15(8-5-13)22-16-9-10-20-12-16/h4-5,7-8,11,16-17H,2-3,6,9-10,12H2,1H3. The second kappa shape index (κ2) is 6.97. The van der Waals surface area contributed by atoms with Crippen LogP contribution in [0.2, 0.25) is 0 Å². The summed E-state index contributed by atoms with van der Waals surface area (Å²) in [6.45, 7) is 3.76. The van der Waals surface area contributed by atoms with E-state index in [9.17, 15) is 4.79 Å². The van der Waals surface area contributed by atoms with Crippen LogP contribution in [-0.2, 0) is 20.7 Å².